The highest BCUT2D eigenvalue weighted by atomic mass is 35.5. The molecule has 7 heteroatoms. The first kappa shape index (κ1) is 18.8. The standard InChI is InChI=1S/C17H23ClN4OS/c1-10(2)16-20-21-17(22(16)11(3)4)24-9-15(23)19-14-8-6-7-13(18)12(14)5/h6-8,10-11H,9H2,1-5H3,(H,19,23). The smallest absolute Gasteiger partial charge is 0.234 e. The van der Waals surface area contributed by atoms with Crippen LogP contribution in [-0.4, -0.2) is 26.4 Å². The summed E-state index contributed by atoms with van der Waals surface area (Å²) < 4.78 is 2.09. The molecule has 0 fully saturated rings. The van der Waals surface area contributed by atoms with Crippen LogP contribution in [0.25, 0.3) is 0 Å². The summed E-state index contributed by atoms with van der Waals surface area (Å²) >= 11 is 7.48. The molecule has 0 unspecified atom stereocenters. The van der Waals surface area contributed by atoms with Gasteiger partial charge in [0, 0.05) is 22.7 Å². The molecule has 1 amide bonds. The van der Waals surface area contributed by atoms with Gasteiger partial charge >= 0.3 is 0 Å². The maximum atomic E-state index is 12.2. The van der Waals surface area contributed by atoms with E-state index in [4.69, 9.17) is 11.6 Å². The van der Waals surface area contributed by atoms with Crippen LogP contribution in [0, 0.1) is 6.92 Å². The third-order valence-electron chi connectivity index (χ3n) is 3.60. The Labute approximate surface area is 152 Å². The van der Waals surface area contributed by atoms with E-state index in [0.717, 1.165) is 22.2 Å². The first-order valence-corrected chi connectivity index (χ1v) is 9.30. The quantitative estimate of drug-likeness (QED) is 0.754. The fourth-order valence-electron chi connectivity index (χ4n) is 2.33. The summed E-state index contributed by atoms with van der Waals surface area (Å²) in [7, 11) is 0. The van der Waals surface area contributed by atoms with Crippen LogP contribution in [-0.2, 0) is 4.79 Å². The molecule has 0 saturated heterocycles. The van der Waals surface area contributed by atoms with Gasteiger partial charge in [0.05, 0.1) is 5.75 Å². The second-order valence-electron chi connectivity index (χ2n) is 6.21. The van der Waals surface area contributed by atoms with Crippen molar-refractivity contribution in [1.82, 2.24) is 14.8 Å². The maximum absolute atomic E-state index is 12.2. The molecule has 5 nitrogen and oxygen atoms in total. The number of benzene rings is 1. The number of nitrogens with zero attached hydrogens (tertiary/aromatic N) is 3. The molecule has 0 aliphatic rings. The van der Waals surface area contributed by atoms with E-state index in [1.54, 1.807) is 6.07 Å². The minimum Gasteiger partial charge on any atom is -0.325 e. The first-order valence-electron chi connectivity index (χ1n) is 7.93. The predicted molar refractivity (Wildman–Crippen MR) is 100 cm³/mol. The van der Waals surface area contributed by atoms with Crippen LogP contribution in [0.1, 0.15) is 51.0 Å². The first-order chi connectivity index (χ1) is 11.3. The molecule has 0 spiro atoms. The molecule has 0 radical (unpaired) electrons. The Morgan fingerprint density at radius 2 is 2.00 bits per heavy atom. The third kappa shape index (κ3) is 4.30. The van der Waals surface area contributed by atoms with Crippen LogP contribution in [0.3, 0.4) is 0 Å². The number of thioether (sulfide) groups is 1. The van der Waals surface area contributed by atoms with E-state index in [1.807, 2.05) is 19.1 Å². The molecule has 0 bridgehead atoms. The van der Waals surface area contributed by atoms with Gasteiger partial charge in [-0.05, 0) is 38.5 Å². The second-order valence-corrected chi connectivity index (χ2v) is 7.56. The molecule has 24 heavy (non-hydrogen) atoms. The summed E-state index contributed by atoms with van der Waals surface area (Å²) in [5, 5.41) is 12.8. The normalized spacial score (nSPS) is 11.3. The highest BCUT2D eigenvalue weighted by molar-refractivity contribution is 7.99. The summed E-state index contributed by atoms with van der Waals surface area (Å²) in [6.07, 6.45) is 0. The Morgan fingerprint density at radius 3 is 2.62 bits per heavy atom. The molecule has 1 heterocycles. The number of hydrogen-bond donors (Lipinski definition) is 1. The van der Waals surface area contributed by atoms with Crippen LogP contribution in [0.4, 0.5) is 5.69 Å². The van der Waals surface area contributed by atoms with Crippen LogP contribution in [0.5, 0.6) is 0 Å². The van der Waals surface area contributed by atoms with Gasteiger partial charge in [0.15, 0.2) is 5.16 Å². The second kappa shape index (κ2) is 8.03. The molecule has 2 aromatic rings. The molecular weight excluding hydrogens is 344 g/mol. The lowest BCUT2D eigenvalue weighted by atomic mass is 10.2. The van der Waals surface area contributed by atoms with Gasteiger partial charge in [0.1, 0.15) is 5.82 Å². The van der Waals surface area contributed by atoms with Crippen molar-refractivity contribution in [3.8, 4) is 0 Å². The van der Waals surface area contributed by atoms with Gasteiger partial charge in [0.25, 0.3) is 0 Å². The van der Waals surface area contributed by atoms with Crippen molar-refractivity contribution in [2.75, 3.05) is 11.1 Å². The molecule has 1 aromatic carbocycles. The molecule has 0 aliphatic carbocycles. The van der Waals surface area contributed by atoms with Gasteiger partial charge in [0.2, 0.25) is 5.91 Å². The van der Waals surface area contributed by atoms with E-state index < -0.39 is 0 Å². The SMILES string of the molecule is Cc1c(Cl)cccc1NC(=O)CSc1nnc(C(C)C)n1C(C)C. The molecule has 0 atom stereocenters. The maximum Gasteiger partial charge on any atom is 0.234 e. The highest BCUT2D eigenvalue weighted by Crippen LogP contribution is 2.26. The minimum absolute atomic E-state index is 0.0882. The molecule has 2 rings (SSSR count). The fourth-order valence-corrected chi connectivity index (χ4v) is 3.37. The number of halogens is 1. The van der Waals surface area contributed by atoms with Gasteiger partial charge in [-0.1, -0.05) is 43.3 Å². The number of amides is 1. The van der Waals surface area contributed by atoms with Crippen LogP contribution in [0.15, 0.2) is 23.4 Å². The summed E-state index contributed by atoms with van der Waals surface area (Å²) in [5.41, 5.74) is 1.60. The number of aromatic nitrogens is 3. The van der Waals surface area contributed by atoms with Gasteiger partial charge in [-0.3, -0.25) is 4.79 Å². The van der Waals surface area contributed by atoms with Crippen molar-refractivity contribution in [2.45, 2.75) is 51.7 Å². The van der Waals surface area contributed by atoms with E-state index >= 15 is 0 Å². The van der Waals surface area contributed by atoms with E-state index in [-0.39, 0.29) is 23.6 Å². The number of carbonyl (C=O) groups excluding carboxylic acids is 1. The predicted octanol–water partition coefficient (Wildman–Crippen LogP) is 4.68. The minimum atomic E-state index is -0.0882. The monoisotopic (exact) mass is 366 g/mol. The molecule has 130 valence electrons. The van der Waals surface area contributed by atoms with Gasteiger partial charge in [-0.25, -0.2) is 0 Å². The zero-order valence-electron chi connectivity index (χ0n) is 14.6. The number of anilines is 1. The summed E-state index contributed by atoms with van der Waals surface area (Å²) in [6.45, 7) is 10.2. The summed E-state index contributed by atoms with van der Waals surface area (Å²) in [4.78, 5) is 12.2. The number of rotatable bonds is 6. The van der Waals surface area contributed by atoms with Gasteiger partial charge in [-0.15, -0.1) is 10.2 Å². The van der Waals surface area contributed by atoms with Crippen LogP contribution < -0.4 is 5.32 Å². The van der Waals surface area contributed by atoms with Crippen molar-refractivity contribution in [1.29, 1.82) is 0 Å². The Morgan fingerprint density at radius 1 is 1.29 bits per heavy atom. The van der Waals surface area contributed by atoms with E-state index in [9.17, 15) is 4.79 Å². The van der Waals surface area contributed by atoms with Crippen LogP contribution in [0.2, 0.25) is 5.02 Å². The molecule has 1 aromatic heterocycles. The zero-order chi connectivity index (χ0) is 17.9. The van der Waals surface area contributed by atoms with E-state index in [2.05, 4.69) is 47.8 Å². The van der Waals surface area contributed by atoms with Crippen molar-refractivity contribution in [3.63, 3.8) is 0 Å². The summed E-state index contributed by atoms with van der Waals surface area (Å²) in [5.74, 6) is 1.42. The lowest BCUT2D eigenvalue weighted by Crippen LogP contribution is -2.16. The lowest BCUT2D eigenvalue weighted by Gasteiger charge is -2.15. The topological polar surface area (TPSA) is 59.8 Å². The van der Waals surface area contributed by atoms with Crippen molar-refractivity contribution >= 4 is 35.0 Å². The van der Waals surface area contributed by atoms with Crippen LogP contribution >= 0.6 is 23.4 Å². The average Bonchev–Trinajstić information content (AvgIpc) is 2.94. The molecule has 0 saturated carbocycles. The van der Waals surface area contributed by atoms with E-state index in [1.165, 1.54) is 11.8 Å². The van der Waals surface area contributed by atoms with Gasteiger partial charge < -0.3 is 9.88 Å². The number of hydrogen-bond acceptors (Lipinski definition) is 4. The van der Waals surface area contributed by atoms with Crippen molar-refractivity contribution in [3.05, 3.63) is 34.6 Å². The van der Waals surface area contributed by atoms with Crippen molar-refractivity contribution in [2.24, 2.45) is 0 Å². The highest BCUT2D eigenvalue weighted by Gasteiger charge is 2.18. The molecule has 0 aliphatic heterocycles. The van der Waals surface area contributed by atoms with Crippen molar-refractivity contribution < 1.29 is 4.79 Å². The zero-order valence-corrected chi connectivity index (χ0v) is 16.2. The lowest BCUT2D eigenvalue weighted by molar-refractivity contribution is -0.113. The Balaban J connectivity index is 2.06. The Bertz CT molecular complexity index is 727. The third-order valence-corrected chi connectivity index (χ3v) is 4.95. The summed E-state index contributed by atoms with van der Waals surface area (Å²) in [6, 6.07) is 5.72. The van der Waals surface area contributed by atoms with E-state index in [0.29, 0.717) is 5.02 Å². The number of nitrogens with one attached hydrogen (secondary N) is 1. The van der Waals surface area contributed by atoms with Gasteiger partial charge in [-0.2, -0.15) is 0 Å². The molecular formula is C17H23ClN4OS. The fraction of sp³-hybridized carbons (Fsp3) is 0.471. The Hall–Kier alpha value is -1.53. The largest absolute Gasteiger partial charge is 0.325 e. The molecule has 1 N–H and O–H groups in total. The number of carbonyl (C=O) groups is 1. The Kier molecular flexibility index (Phi) is 6.29. The average molecular weight is 367 g/mol.